The number of esters is 1. The summed E-state index contributed by atoms with van der Waals surface area (Å²) in [5.41, 5.74) is 1.94. The van der Waals surface area contributed by atoms with Crippen LogP contribution in [0.2, 0.25) is 0 Å². The van der Waals surface area contributed by atoms with Crippen LogP contribution in [-0.2, 0) is 14.3 Å². The van der Waals surface area contributed by atoms with Crippen molar-refractivity contribution < 1.29 is 30.0 Å². The van der Waals surface area contributed by atoms with Crippen LogP contribution >= 0.6 is 0 Å². The van der Waals surface area contributed by atoms with E-state index < -0.39 is 29.7 Å². The van der Waals surface area contributed by atoms with Gasteiger partial charge in [0.15, 0.2) is 0 Å². The van der Waals surface area contributed by atoms with Gasteiger partial charge in [0.25, 0.3) is 0 Å². The van der Waals surface area contributed by atoms with Crippen LogP contribution in [0.15, 0.2) is 0 Å². The topological polar surface area (TPSA) is 141 Å². The average Bonchev–Trinajstić information content (AvgIpc) is 1.99. The summed E-state index contributed by atoms with van der Waals surface area (Å²) in [4.78, 5) is 21.9. The molecule has 0 aromatic rings. The van der Waals surface area contributed by atoms with E-state index in [-0.39, 0.29) is 43.2 Å². The van der Waals surface area contributed by atoms with E-state index in [1.165, 1.54) is 0 Å². The zero-order chi connectivity index (χ0) is 11.6. The van der Waals surface area contributed by atoms with Crippen molar-refractivity contribution in [2.75, 3.05) is 6.61 Å². The zero-order valence-corrected chi connectivity index (χ0v) is 8.90. The van der Waals surface area contributed by atoms with Crippen molar-refractivity contribution in [1.82, 2.24) is 0 Å². The SMILES string of the molecule is CC(C)(C)OC(=O)C(N)(CO)C(=O)O.O.[CaH2]. The fourth-order valence-electron chi connectivity index (χ4n) is 0.589. The molecule has 0 rings (SSSR count). The predicted molar refractivity (Wildman–Crippen MR) is 59.6 cm³/mol. The van der Waals surface area contributed by atoms with E-state index in [1.54, 1.807) is 20.8 Å². The Hall–Kier alpha value is 0.0797. The van der Waals surface area contributed by atoms with Gasteiger partial charge < -0.3 is 26.2 Å². The normalized spacial score (nSPS) is 13.8. The minimum absolute atomic E-state index is 0. The monoisotopic (exact) mass is 265 g/mol. The Balaban J connectivity index is -0.000000845. The molecule has 1 atom stereocenters. The molecule has 1 unspecified atom stereocenters. The molecule has 0 saturated carbocycles. The number of aliphatic carboxylic acids is 1. The summed E-state index contributed by atoms with van der Waals surface area (Å²) in [5.74, 6) is -2.77. The van der Waals surface area contributed by atoms with E-state index >= 15 is 0 Å². The molecule has 6 N–H and O–H groups in total. The van der Waals surface area contributed by atoms with Crippen molar-refractivity contribution in [3.63, 3.8) is 0 Å². The second-order valence-electron chi connectivity index (χ2n) is 3.94. The van der Waals surface area contributed by atoms with Gasteiger partial charge in [0.2, 0.25) is 5.54 Å². The van der Waals surface area contributed by atoms with E-state index in [0.717, 1.165) is 0 Å². The van der Waals surface area contributed by atoms with Crippen molar-refractivity contribution in [2.45, 2.75) is 31.9 Å². The third-order valence-electron chi connectivity index (χ3n) is 1.39. The molecule has 0 radical (unpaired) electrons. The molecule has 0 amide bonds. The number of rotatable bonds is 3. The standard InChI is InChI=1S/C8H15NO5.Ca.H2O.2H/c1-7(2,3)14-6(13)8(9,4-10)5(11)12;;;;/h10H,4,9H2,1-3H3,(H,11,12);;1H2;;. The third kappa shape index (κ3) is 5.97. The molecule has 16 heavy (non-hydrogen) atoms. The molecule has 0 heterocycles. The predicted octanol–water partition coefficient (Wildman–Crippen LogP) is -2.64. The first-order chi connectivity index (χ1) is 6.13. The molecule has 0 bridgehead atoms. The number of carboxylic acid groups (broad SMARTS) is 1. The van der Waals surface area contributed by atoms with Gasteiger partial charge in [-0.05, 0) is 20.8 Å². The van der Waals surface area contributed by atoms with Gasteiger partial charge in [-0.25, -0.2) is 9.59 Å². The van der Waals surface area contributed by atoms with Crippen LogP contribution in [-0.4, -0.2) is 83.1 Å². The van der Waals surface area contributed by atoms with E-state index in [4.69, 9.17) is 20.7 Å². The molecule has 0 aliphatic rings. The van der Waals surface area contributed by atoms with Crippen molar-refractivity contribution in [1.29, 1.82) is 0 Å². The van der Waals surface area contributed by atoms with Crippen molar-refractivity contribution in [3.05, 3.63) is 0 Å². The molecule has 0 aliphatic heterocycles. The number of nitrogens with two attached hydrogens (primary N) is 1. The van der Waals surface area contributed by atoms with Crippen LogP contribution in [0.1, 0.15) is 20.8 Å². The molecule has 0 aromatic carbocycles. The summed E-state index contributed by atoms with van der Waals surface area (Å²) >= 11 is 0. The molecule has 8 heteroatoms. The van der Waals surface area contributed by atoms with E-state index in [2.05, 4.69) is 0 Å². The molecule has 0 aromatic heterocycles. The van der Waals surface area contributed by atoms with Crippen molar-refractivity contribution in [3.8, 4) is 0 Å². The van der Waals surface area contributed by atoms with Gasteiger partial charge in [-0.3, -0.25) is 0 Å². The maximum atomic E-state index is 11.3. The van der Waals surface area contributed by atoms with Gasteiger partial charge in [-0.2, -0.15) is 0 Å². The summed E-state index contributed by atoms with van der Waals surface area (Å²) in [6.45, 7) is 3.72. The van der Waals surface area contributed by atoms with Crippen LogP contribution in [0.5, 0.6) is 0 Å². The van der Waals surface area contributed by atoms with Crippen LogP contribution < -0.4 is 5.73 Å². The molecule has 0 fully saturated rings. The van der Waals surface area contributed by atoms with E-state index in [1.807, 2.05) is 0 Å². The number of hydrogen-bond donors (Lipinski definition) is 3. The fraction of sp³-hybridized carbons (Fsp3) is 0.750. The van der Waals surface area contributed by atoms with Crippen molar-refractivity contribution >= 4 is 49.7 Å². The number of carbonyl (C=O) groups is 2. The van der Waals surface area contributed by atoms with Gasteiger partial charge in [-0.15, -0.1) is 0 Å². The van der Waals surface area contributed by atoms with Gasteiger partial charge in [-0.1, -0.05) is 0 Å². The quantitative estimate of drug-likeness (QED) is 0.289. The van der Waals surface area contributed by atoms with Gasteiger partial charge in [0.1, 0.15) is 5.60 Å². The van der Waals surface area contributed by atoms with Crippen LogP contribution in [0.25, 0.3) is 0 Å². The summed E-state index contributed by atoms with van der Waals surface area (Å²) in [7, 11) is 0. The Kier molecular flexibility index (Phi) is 9.90. The first-order valence-electron chi connectivity index (χ1n) is 4.00. The van der Waals surface area contributed by atoms with Crippen LogP contribution in [0, 0.1) is 0 Å². The number of hydrogen-bond acceptors (Lipinski definition) is 5. The third-order valence-corrected chi connectivity index (χ3v) is 1.39. The second kappa shape index (κ2) is 7.41. The van der Waals surface area contributed by atoms with Crippen LogP contribution in [0.4, 0.5) is 0 Å². The molecule has 0 saturated heterocycles. The first kappa shape index (κ1) is 21.4. The zero-order valence-electron chi connectivity index (χ0n) is 8.90. The Morgan fingerprint density at radius 2 is 1.69 bits per heavy atom. The average molecular weight is 265 g/mol. The Morgan fingerprint density at radius 3 is 1.88 bits per heavy atom. The summed E-state index contributed by atoms with van der Waals surface area (Å²) < 4.78 is 4.75. The number of carbonyl (C=O) groups excluding carboxylic acids is 1. The molecule has 94 valence electrons. The molecular weight excluding hydrogens is 246 g/mol. The van der Waals surface area contributed by atoms with Crippen molar-refractivity contribution in [2.24, 2.45) is 5.73 Å². The summed E-state index contributed by atoms with van der Waals surface area (Å²) in [5, 5.41) is 17.3. The summed E-state index contributed by atoms with van der Waals surface area (Å²) in [6.07, 6.45) is 0. The van der Waals surface area contributed by atoms with E-state index in [9.17, 15) is 9.59 Å². The number of aliphatic hydroxyl groups excluding tert-OH is 1. The summed E-state index contributed by atoms with van der Waals surface area (Å²) in [6, 6.07) is 0. The maximum absolute atomic E-state index is 11.3. The van der Waals surface area contributed by atoms with Gasteiger partial charge in [0.05, 0.1) is 6.61 Å². The Morgan fingerprint density at radius 1 is 1.31 bits per heavy atom. The molecular formula is C8H19CaNO6. The molecule has 0 spiro atoms. The van der Waals surface area contributed by atoms with Gasteiger partial charge >= 0.3 is 49.7 Å². The number of aliphatic hydroxyl groups is 1. The van der Waals surface area contributed by atoms with Crippen LogP contribution in [0.3, 0.4) is 0 Å². The van der Waals surface area contributed by atoms with E-state index in [0.29, 0.717) is 0 Å². The number of ether oxygens (including phenoxy) is 1. The second-order valence-corrected chi connectivity index (χ2v) is 3.94. The molecule has 0 aliphatic carbocycles. The fourth-order valence-corrected chi connectivity index (χ4v) is 0.589. The van der Waals surface area contributed by atoms with Gasteiger partial charge in [0, 0.05) is 0 Å². The molecule has 7 nitrogen and oxygen atoms in total. The number of carboxylic acids is 1. The minimum atomic E-state index is -2.38. The Labute approximate surface area is 123 Å². The Bertz CT molecular complexity index is 251. The first-order valence-corrected chi connectivity index (χ1v) is 4.00.